The maximum atomic E-state index is 13.6. The lowest BCUT2D eigenvalue weighted by Crippen LogP contribution is -2.15. The van der Waals surface area contributed by atoms with Gasteiger partial charge >= 0.3 is 0 Å². The predicted octanol–water partition coefficient (Wildman–Crippen LogP) is 2.08. The van der Waals surface area contributed by atoms with Crippen LogP contribution in [0.5, 0.6) is 5.88 Å². The van der Waals surface area contributed by atoms with E-state index in [1.165, 1.54) is 13.2 Å². The number of nitrogens with one attached hydrogen (secondary N) is 1. The number of aryl methyl sites for hydroxylation is 1. The molecule has 0 radical (unpaired) electrons. The van der Waals surface area contributed by atoms with Crippen molar-refractivity contribution >= 4 is 17.5 Å². The molecule has 110 valence electrons. The highest BCUT2D eigenvalue weighted by Crippen LogP contribution is 2.19. The van der Waals surface area contributed by atoms with E-state index in [0.717, 1.165) is 6.07 Å². The lowest BCUT2D eigenvalue weighted by molar-refractivity contribution is 0.102. The molecule has 1 amide bonds. The first kappa shape index (κ1) is 14.7. The molecule has 0 aliphatic carbocycles. The number of hydrogen-bond acceptors (Lipinski definition) is 5. The molecule has 1 aromatic carbocycles. The van der Waals surface area contributed by atoms with Gasteiger partial charge in [0, 0.05) is 28.6 Å². The van der Waals surface area contributed by atoms with Crippen molar-refractivity contribution < 1.29 is 13.9 Å². The third kappa shape index (κ3) is 3.25. The lowest BCUT2D eigenvalue weighted by atomic mass is 10.1. The van der Waals surface area contributed by atoms with Crippen LogP contribution in [-0.4, -0.2) is 23.0 Å². The van der Waals surface area contributed by atoms with E-state index in [1.807, 2.05) is 0 Å². The standard InChI is InChI=1S/C14H15FN4O2/c1-7-4-12(21-3)18-14(17-7)19-13(20)9-5-10(15)8(2)11(16)6-9/h4-6H,16H2,1-3H3,(H,17,18,19,20). The summed E-state index contributed by atoms with van der Waals surface area (Å²) in [7, 11) is 1.46. The molecule has 7 heteroatoms. The second-order valence-corrected chi connectivity index (χ2v) is 4.50. The average Bonchev–Trinajstić information content (AvgIpc) is 2.43. The Balaban J connectivity index is 2.28. The van der Waals surface area contributed by atoms with Crippen LogP contribution in [-0.2, 0) is 0 Å². The third-order valence-corrected chi connectivity index (χ3v) is 2.91. The number of carbonyl (C=O) groups is 1. The highest BCUT2D eigenvalue weighted by atomic mass is 19.1. The first-order valence-corrected chi connectivity index (χ1v) is 6.17. The van der Waals surface area contributed by atoms with Gasteiger partial charge in [0.2, 0.25) is 11.8 Å². The van der Waals surface area contributed by atoms with Crippen LogP contribution < -0.4 is 15.8 Å². The largest absolute Gasteiger partial charge is 0.481 e. The van der Waals surface area contributed by atoms with E-state index < -0.39 is 11.7 Å². The summed E-state index contributed by atoms with van der Waals surface area (Å²) in [6.45, 7) is 3.28. The van der Waals surface area contributed by atoms with Crippen LogP contribution in [0.4, 0.5) is 16.0 Å². The van der Waals surface area contributed by atoms with Gasteiger partial charge in [0.15, 0.2) is 0 Å². The Morgan fingerprint density at radius 2 is 2.00 bits per heavy atom. The number of methoxy groups -OCH3 is 1. The van der Waals surface area contributed by atoms with Gasteiger partial charge in [-0.3, -0.25) is 10.1 Å². The van der Waals surface area contributed by atoms with Gasteiger partial charge in [0.05, 0.1) is 7.11 Å². The molecule has 3 N–H and O–H groups in total. The zero-order valence-electron chi connectivity index (χ0n) is 11.9. The number of nitrogens with zero attached hydrogens (tertiary/aromatic N) is 2. The summed E-state index contributed by atoms with van der Waals surface area (Å²) in [5.74, 6) is -0.681. The quantitative estimate of drug-likeness (QED) is 0.845. The molecule has 0 aliphatic heterocycles. The zero-order chi connectivity index (χ0) is 15.6. The minimum atomic E-state index is -0.548. The molecular formula is C14H15FN4O2. The molecule has 0 bridgehead atoms. The number of anilines is 2. The summed E-state index contributed by atoms with van der Waals surface area (Å²) in [4.78, 5) is 20.1. The fourth-order valence-corrected chi connectivity index (χ4v) is 1.71. The Bertz CT molecular complexity index is 680. The Morgan fingerprint density at radius 1 is 1.29 bits per heavy atom. The van der Waals surface area contributed by atoms with Crippen molar-refractivity contribution in [2.45, 2.75) is 13.8 Å². The smallest absolute Gasteiger partial charge is 0.258 e. The first-order valence-electron chi connectivity index (χ1n) is 6.17. The van der Waals surface area contributed by atoms with Gasteiger partial charge in [-0.2, -0.15) is 4.98 Å². The summed E-state index contributed by atoms with van der Waals surface area (Å²) >= 11 is 0. The van der Waals surface area contributed by atoms with Crippen molar-refractivity contribution in [3.05, 3.63) is 40.8 Å². The van der Waals surface area contributed by atoms with Gasteiger partial charge in [-0.05, 0) is 26.0 Å². The maximum absolute atomic E-state index is 13.6. The zero-order valence-corrected chi connectivity index (χ0v) is 11.9. The first-order chi connectivity index (χ1) is 9.90. The summed E-state index contributed by atoms with van der Waals surface area (Å²) < 4.78 is 18.6. The summed E-state index contributed by atoms with van der Waals surface area (Å²) in [6.07, 6.45) is 0. The Morgan fingerprint density at radius 3 is 2.62 bits per heavy atom. The van der Waals surface area contributed by atoms with Gasteiger partial charge < -0.3 is 10.5 Å². The molecular weight excluding hydrogens is 275 g/mol. The monoisotopic (exact) mass is 290 g/mol. The van der Waals surface area contributed by atoms with E-state index >= 15 is 0 Å². The lowest BCUT2D eigenvalue weighted by Gasteiger charge is -2.08. The molecule has 1 heterocycles. The van der Waals surface area contributed by atoms with E-state index in [9.17, 15) is 9.18 Å². The molecule has 0 saturated heterocycles. The second-order valence-electron chi connectivity index (χ2n) is 4.50. The van der Waals surface area contributed by atoms with Crippen molar-refractivity contribution in [2.75, 3.05) is 18.2 Å². The van der Waals surface area contributed by atoms with Gasteiger partial charge in [-0.1, -0.05) is 0 Å². The highest BCUT2D eigenvalue weighted by Gasteiger charge is 2.13. The number of nitrogens with two attached hydrogens (primary N) is 1. The van der Waals surface area contributed by atoms with E-state index in [4.69, 9.17) is 10.5 Å². The molecule has 2 aromatic rings. The molecule has 6 nitrogen and oxygen atoms in total. The molecule has 0 aliphatic rings. The molecule has 0 unspecified atom stereocenters. The van der Waals surface area contributed by atoms with E-state index in [2.05, 4.69) is 15.3 Å². The molecule has 0 saturated carbocycles. The SMILES string of the molecule is COc1cc(C)nc(NC(=O)c2cc(N)c(C)c(F)c2)n1. The van der Waals surface area contributed by atoms with E-state index in [1.54, 1.807) is 19.9 Å². The van der Waals surface area contributed by atoms with Crippen molar-refractivity contribution in [1.29, 1.82) is 0 Å². The van der Waals surface area contributed by atoms with Crippen LogP contribution in [0, 0.1) is 19.7 Å². The number of benzene rings is 1. The van der Waals surface area contributed by atoms with E-state index in [0.29, 0.717) is 17.1 Å². The van der Waals surface area contributed by atoms with Crippen LogP contribution in [0.25, 0.3) is 0 Å². The fourth-order valence-electron chi connectivity index (χ4n) is 1.71. The van der Waals surface area contributed by atoms with E-state index in [-0.39, 0.29) is 17.2 Å². The topological polar surface area (TPSA) is 90.1 Å². The highest BCUT2D eigenvalue weighted by molar-refractivity contribution is 6.04. The van der Waals surface area contributed by atoms with Crippen molar-refractivity contribution in [3.63, 3.8) is 0 Å². The number of carbonyl (C=O) groups excluding carboxylic acids is 1. The van der Waals surface area contributed by atoms with Gasteiger partial charge in [-0.15, -0.1) is 0 Å². The molecule has 0 fully saturated rings. The van der Waals surface area contributed by atoms with Gasteiger partial charge in [-0.25, -0.2) is 9.37 Å². The summed E-state index contributed by atoms with van der Waals surface area (Å²) in [5, 5.41) is 2.48. The Hall–Kier alpha value is -2.70. The number of amides is 1. The molecule has 0 atom stereocenters. The minimum absolute atomic E-state index is 0.0800. The van der Waals surface area contributed by atoms with Crippen LogP contribution in [0.2, 0.25) is 0 Å². The van der Waals surface area contributed by atoms with Crippen molar-refractivity contribution in [3.8, 4) is 5.88 Å². The van der Waals surface area contributed by atoms with Crippen LogP contribution in [0.15, 0.2) is 18.2 Å². The second kappa shape index (κ2) is 5.74. The molecule has 1 aromatic heterocycles. The average molecular weight is 290 g/mol. The van der Waals surface area contributed by atoms with Crippen molar-refractivity contribution in [1.82, 2.24) is 9.97 Å². The van der Waals surface area contributed by atoms with Gasteiger partial charge in [0.25, 0.3) is 5.91 Å². The number of ether oxygens (including phenoxy) is 1. The summed E-state index contributed by atoms with van der Waals surface area (Å²) in [6, 6.07) is 4.15. The number of nitrogen functional groups attached to an aromatic ring is 1. The summed E-state index contributed by atoms with van der Waals surface area (Å²) in [5.41, 5.74) is 6.90. The molecule has 21 heavy (non-hydrogen) atoms. The van der Waals surface area contributed by atoms with Crippen molar-refractivity contribution in [2.24, 2.45) is 0 Å². The van der Waals surface area contributed by atoms with Crippen LogP contribution >= 0.6 is 0 Å². The molecule has 2 rings (SSSR count). The van der Waals surface area contributed by atoms with Crippen LogP contribution in [0.1, 0.15) is 21.6 Å². The normalized spacial score (nSPS) is 10.3. The number of hydrogen-bond donors (Lipinski definition) is 2. The minimum Gasteiger partial charge on any atom is -0.481 e. The number of rotatable bonds is 3. The van der Waals surface area contributed by atoms with Gasteiger partial charge in [0.1, 0.15) is 5.82 Å². The fraction of sp³-hybridized carbons (Fsp3) is 0.214. The number of aromatic nitrogens is 2. The third-order valence-electron chi connectivity index (χ3n) is 2.91. The Kier molecular flexibility index (Phi) is 4.02. The molecule has 0 spiro atoms. The maximum Gasteiger partial charge on any atom is 0.258 e. The number of halogens is 1. The Labute approximate surface area is 121 Å². The predicted molar refractivity (Wildman–Crippen MR) is 76.8 cm³/mol. The van der Waals surface area contributed by atoms with Crippen LogP contribution in [0.3, 0.4) is 0 Å².